The van der Waals surface area contributed by atoms with Gasteiger partial charge in [-0.3, -0.25) is 4.79 Å². The predicted octanol–water partition coefficient (Wildman–Crippen LogP) is 3.14. The lowest BCUT2D eigenvalue weighted by Gasteiger charge is -2.13. The van der Waals surface area contributed by atoms with Gasteiger partial charge in [0.1, 0.15) is 5.75 Å². The fourth-order valence-corrected chi connectivity index (χ4v) is 1.71. The van der Waals surface area contributed by atoms with Gasteiger partial charge in [-0.15, -0.1) is 0 Å². The Morgan fingerprint density at radius 1 is 1.05 bits per heavy atom. The fourth-order valence-electron chi connectivity index (χ4n) is 1.71. The lowest BCUT2D eigenvalue weighted by atomic mass is 10.1. The molecule has 0 aliphatic heterocycles. The number of hydrogen-bond acceptors (Lipinski definition) is 3. The molecule has 0 atom stereocenters. The van der Waals surface area contributed by atoms with Gasteiger partial charge in [-0.25, -0.2) is 4.79 Å². The van der Waals surface area contributed by atoms with E-state index in [0.717, 1.165) is 0 Å². The Kier molecular flexibility index (Phi) is 4.00. The zero-order valence-electron chi connectivity index (χ0n) is 10.8. The molecule has 0 aromatic heterocycles. The number of carbonyl (C=O) groups excluding carboxylic acids is 1. The standard InChI is InChI=1S/C15H13NO4/c1-10(17)16-14-12(15(18)19)8-5-9-13(14)20-11-6-3-2-4-7-11/h2-9H,1H3,(H,16,17)(H,18,19). The van der Waals surface area contributed by atoms with Crippen molar-refractivity contribution in [3.8, 4) is 11.5 Å². The number of nitrogens with one attached hydrogen (secondary N) is 1. The van der Waals surface area contributed by atoms with Crippen molar-refractivity contribution in [2.45, 2.75) is 6.92 Å². The summed E-state index contributed by atoms with van der Waals surface area (Å²) in [7, 11) is 0. The summed E-state index contributed by atoms with van der Waals surface area (Å²) < 4.78 is 5.62. The molecule has 0 bridgehead atoms. The number of carbonyl (C=O) groups is 2. The molecule has 20 heavy (non-hydrogen) atoms. The zero-order chi connectivity index (χ0) is 14.5. The van der Waals surface area contributed by atoms with Gasteiger partial charge in [-0.05, 0) is 24.3 Å². The van der Waals surface area contributed by atoms with E-state index in [1.807, 2.05) is 6.07 Å². The number of carboxylic acid groups (broad SMARTS) is 1. The van der Waals surface area contributed by atoms with E-state index < -0.39 is 5.97 Å². The van der Waals surface area contributed by atoms with E-state index in [4.69, 9.17) is 9.84 Å². The second-order valence-electron chi connectivity index (χ2n) is 4.08. The molecule has 5 heteroatoms. The first-order chi connectivity index (χ1) is 9.58. The Morgan fingerprint density at radius 3 is 2.35 bits per heavy atom. The summed E-state index contributed by atoms with van der Waals surface area (Å²) in [6.45, 7) is 1.31. The summed E-state index contributed by atoms with van der Waals surface area (Å²) in [6, 6.07) is 13.5. The smallest absolute Gasteiger partial charge is 0.337 e. The van der Waals surface area contributed by atoms with Crippen LogP contribution in [0.25, 0.3) is 0 Å². The van der Waals surface area contributed by atoms with E-state index in [2.05, 4.69) is 5.32 Å². The van der Waals surface area contributed by atoms with E-state index in [1.165, 1.54) is 13.0 Å². The fraction of sp³-hybridized carbons (Fsp3) is 0.0667. The maximum atomic E-state index is 11.2. The Morgan fingerprint density at radius 2 is 1.75 bits per heavy atom. The normalized spacial score (nSPS) is 9.85. The number of amides is 1. The van der Waals surface area contributed by atoms with Crippen LogP contribution in [-0.4, -0.2) is 17.0 Å². The number of carboxylic acids is 1. The molecule has 1 amide bonds. The zero-order valence-corrected chi connectivity index (χ0v) is 10.8. The number of ether oxygens (including phenoxy) is 1. The van der Waals surface area contributed by atoms with E-state index in [-0.39, 0.29) is 22.9 Å². The Balaban J connectivity index is 2.43. The highest BCUT2D eigenvalue weighted by Gasteiger charge is 2.16. The maximum absolute atomic E-state index is 11.2. The summed E-state index contributed by atoms with van der Waals surface area (Å²) >= 11 is 0. The topological polar surface area (TPSA) is 75.6 Å². The second-order valence-corrected chi connectivity index (χ2v) is 4.08. The molecule has 2 N–H and O–H groups in total. The van der Waals surface area contributed by atoms with Gasteiger partial charge in [0, 0.05) is 6.92 Å². The van der Waals surface area contributed by atoms with E-state index in [1.54, 1.807) is 36.4 Å². The van der Waals surface area contributed by atoms with Crippen LogP contribution in [0.15, 0.2) is 48.5 Å². The Hall–Kier alpha value is -2.82. The van der Waals surface area contributed by atoms with Crippen molar-refractivity contribution in [3.05, 3.63) is 54.1 Å². The van der Waals surface area contributed by atoms with E-state index >= 15 is 0 Å². The molecule has 2 aromatic carbocycles. The Bertz CT molecular complexity index is 638. The molecule has 0 saturated heterocycles. The van der Waals surface area contributed by atoms with Crippen LogP contribution in [0.1, 0.15) is 17.3 Å². The van der Waals surface area contributed by atoms with Gasteiger partial charge in [0.15, 0.2) is 5.75 Å². The first-order valence-electron chi connectivity index (χ1n) is 5.94. The molecule has 5 nitrogen and oxygen atoms in total. The molecule has 0 aliphatic rings. The molecule has 0 unspecified atom stereocenters. The van der Waals surface area contributed by atoms with Crippen LogP contribution in [0.3, 0.4) is 0 Å². The van der Waals surface area contributed by atoms with Crippen LogP contribution in [0.5, 0.6) is 11.5 Å². The van der Waals surface area contributed by atoms with Crippen LogP contribution >= 0.6 is 0 Å². The van der Waals surface area contributed by atoms with Gasteiger partial charge < -0.3 is 15.2 Å². The number of hydrogen-bond donors (Lipinski definition) is 2. The molecular weight excluding hydrogens is 258 g/mol. The highest BCUT2D eigenvalue weighted by Crippen LogP contribution is 2.32. The number of para-hydroxylation sites is 2. The van der Waals surface area contributed by atoms with Gasteiger partial charge in [0.05, 0.1) is 11.3 Å². The van der Waals surface area contributed by atoms with Crippen LogP contribution in [0.2, 0.25) is 0 Å². The quantitative estimate of drug-likeness (QED) is 0.895. The molecule has 0 fully saturated rings. The van der Waals surface area contributed by atoms with Gasteiger partial charge in [0.2, 0.25) is 5.91 Å². The number of rotatable bonds is 4. The monoisotopic (exact) mass is 271 g/mol. The highest BCUT2D eigenvalue weighted by atomic mass is 16.5. The highest BCUT2D eigenvalue weighted by molar-refractivity contribution is 6.01. The first-order valence-corrected chi connectivity index (χ1v) is 5.94. The summed E-state index contributed by atoms with van der Waals surface area (Å²) in [4.78, 5) is 22.4. The average Bonchev–Trinajstić information content (AvgIpc) is 2.41. The lowest BCUT2D eigenvalue weighted by molar-refractivity contribution is -0.114. The van der Waals surface area contributed by atoms with Crippen LogP contribution in [0.4, 0.5) is 5.69 Å². The van der Waals surface area contributed by atoms with Crippen molar-refractivity contribution in [2.75, 3.05) is 5.32 Å². The van der Waals surface area contributed by atoms with Crippen molar-refractivity contribution in [1.82, 2.24) is 0 Å². The minimum absolute atomic E-state index is 0.0198. The van der Waals surface area contributed by atoms with Crippen molar-refractivity contribution < 1.29 is 19.4 Å². The minimum atomic E-state index is -1.13. The van der Waals surface area contributed by atoms with Crippen LogP contribution < -0.4 is 10.1 Å². The maximum Gasteiger partial charge on any atom is 0.337 e. The summed E-state index contributed by atoms with van der Waals surface area (Å²) in [5.74, 6) is -0.656. The van der Waals surface area contributed by atoms with Crippen molar-refractivity contribution in [1.29, 1.82) is 0 Å². The van der Waals surface area contributed by atoms with Crippen LogP contribution in [-0.2, 0) is 4.79 Å². The number of aromatic carboxylic acids is 1. The molecule has 102 valence electrons. The molecule has 2 rings (SSSR count). The summed E-state index contributed by atoms with van der Waals surface area (Å²) in [6.07, 6.45) is 0. The van der Waals surface area contributed by atoms with Gasteiger partial charge in [-0.2, -0.15) is 0 Å². The van der Waals surface area contributed by atoms with Crippen molar-refractivity contribution in [3.63, 3.8) is 0 Å². The molecule has 0 spiro atoms. The van der Waals surface area contributed by atoms with Gasteiger partial charge >= 0.3 is 5.97 Å². The van der Waals surface area contributed by atoms with Crippen molar-refractivity contribution >= 4 is 17.6 Å². The molecule has 0 saturated carbocycles. The van der Waals surface area contributed by atoms with Crippen LogP contribution in [0, 0.1) is 0 Å². The third-order valence-corrected chi connectivity index (χ3v) is 2.53. The molecule has 0 heterocycles. The number of anilines is 1. The van der Waals surface area contributed by atoms with E-state index in [9.17, 15) is 9.59 Å². The third kappa shape index (κ3) is 3.14. The van der Waals surface area contributed by atoms with Crippen molar-refractivity contribution in [2.24, 2.45) is 0 Å². The number of benzene rings is 2. The molecule has 2 aromatic rings. The summed E-state index contributed by atoms with van der Waals surface area (Å²) in [5.41, 5.74) is 0.130. The average molecular weight is 271 g/mol. The molecular formula is C15H13NO4. The van der Waals surface area contributed by atoms with E-state index in [0.29, 0.717) is 5.75 Å². The summed E-state index contributed by atoms with van der Waals surface area (Å²) in [5, 5.41) is 11.7. The molecule has 0 radical (unpaired) electrons. The SMILES string of the molecule is CC(=O)Nc1c(Oc2ccccc2)cccc1C(=O)O. The Labute approximate surface area is 115 Å². The second kappa shape index (κ2) is 5.88. The largest absolute Gasteiger partial charge is 0.478 e. The lowest BCUT2D eigenvalue weighted by Crippen LogP contribution is -2.11. The third-order valence-electron chi connectivity index (χ3n) is 2.53. The minimum Gasteiger partial charge on any atom is -0.478 e. The van der Waals surface area contributed by atoms with Gasteiger partial charge in [-0.1, -0.05) is 24.3 Å². The molecule has 0 aliphatic carbocycles. The predicted molar refractivity (Wildman–Crippen MR) is 74.2 cm³/mol. The van der Waals surface area contributed by atoms with Gasteiger partial charge in [0.25, 0.3) is 0 Å². The first kappa shape index (κ1) is 13.6.